The maximum atomic E-state index is 11.5. The number of fused-ring (bicyclic) bond motifs is 1. The van der Waals surface area contributed by atoms with Gasteiger partial charge < -0.3 is 5.11 Å². The van der Waals surface area contributed by atoms with Gasteiger partial charge in [-0.25, -0.2) is 0 Å². The number of hydrogen-bond acceptors (Lipinski definition) is 2. The van der Waals surface area contributed by atoms with Gasteiger partial charge in [-0.3, -0.25) is 4.79 Å². The van der Waals surface area contributed by atoms with Crippen molar-refractivity contribution in [2.45, 2.75) is 45.4 Å². The number of aliphatic hydroxyl groups excluding tert-OH is 1. The Morgan fingerprint density at radius 2 is 2.21 bits per heavy atom. The lowest BCUT2D eigenvalue weighted by atomic mass is 9.55. The monoisotopic (exact) mass is 196 g/mol. The van der Waals surface area contributed by atoms with Gasteiger partial charge in [0.1, 0.15) is 5.78 Å². The van der Waals surface area contributed by atoms with Crippen molar-refractivity contribution in [2.24, 2.45) is 17.3 Å². The number of carbonyl (C=O) groups excluding carboxylic acids is 1. The van der Waals surface area contributed by atoms with Gasteiger partial charge in [0.2, 0.25) is 0 Å². The SMILES string of the molecule is CC12CCCCC1CC(=O)CC2CO. The minimum Gasteiger partial charge on any atom is -0.396 e. The van der Waals surface area contributed by atoms with Crippen molar-refractivity contribution in [3.8, 4) is 0 Å². The van der Waals surface area contributed by atoms with Crippen molar-refractivity contribution >= 4 is 5.78 Å². The summed E-state index contributed by atoms with van der Waals surface area (Å²) in [4.78, 5) is 11.5. The molecule has 0 spiro atoms. The smallest absolute Gasteiger partial charge is 0.133 e. The minimum absolute atomic E-state index is 0.193. The zero-order valence-electron chi connectivity index (χ0n) is 8.96. The highest BCUT2D eigenvalue weighted by Crippen LogP contribution is 2.52. The summed E-state index contributed by atoms with van der Waals surface area (Å²) in [6.07, 6.45) is 6.33. The summed E-state index contributed by atoms with van der Waals surface area (Å²) in [5.74, 6) is 1.15. The molecule has 2 aliphatic carbocycles. The van der Waals surface area contributed by atoms with Crippen LogP contribution in [0.15, 0.2) is 0 Å². The summed E-state index contributed by atoms with van der Waals surface area (Å²) in [5.41, 5.74) is 0.251. The molecule has 14 heavy (non-hydrogen) atoms. The van der Waals surface area contributed by atoms with Crippen LogP contribution in [-0.2, 0) is 4.79 Å². The van der Waals surface area contributed by atoms with Crippen LogP contribution in [0.5, 0.6) is 0 Å². The first-order valence-electron chi connectivity index (χ1n) is 5.79. The summed E-state index contributed by atoms with van der Waals surface area (Å²) in [5, 5.41) is 9.36. The van der Waals surface area contributed by atoms with E-state index in [0.717, 1.165) is 6.42 Å². The van der Waals surface area contributed by atoms with Gasteiger partial charge in [0.25, 0.3) is 0 Å². The van der Waals surface area contributed by atoms with Gasteiger partial charge in [-0.1, -0.05) is 19.8 Å². The number of hydrogen-bond donors (Lipinski definition) is 1. The normalized spacial score (nSPS) is 43.4. The molecule has 2 rings (SSSR count). The van der Waals surface area contributed by atoms with Crippen molar-refractivity contribution in [1.29, 1.82) is 0 Å². The van der Waals surface area contributed by atoms with E-state index in [4.69, 9.17) is 0 Å². The maximum absolute atomic E-state index is 11.5. The van der Waals surface area contributed by atoms with Crippen molar-refractivity contribution in [3.05, 3.63) is 0 Å². The van der Waals surface area contributed by atoms with Crippen LogP contribution in [0.4, 0.5) is 0 Å². The van der Waals surface area contributed by atoms with E-state index in [-0.39, 0.29) is 17.9 Å². The first kappa shape index (κ1) is 10.2. The second-order valence-electron chi connectivity index (χ2n) is 5.27. The number of carbonyl (C=O) groups is 1. The topological polar surface area (TPSA) is 37.3 Å². The fraction of sp³-hybridized carbons (Fsp3) is 0.917. The van der Waals surface area contributed by atoms with E-state index in [1.807, 2.05) is 0 Å². The predicted molar refractivity (Wildman–Crippen MR) is 54.9 cm³/mol. The van der Waals surface area contributed by atoms with Crippen LogP contribution in [0, 0.1) is 17.3 Å². The molecule has 0 saturated heterocycles. The molecule has 2 saturated carbocycles. The molecule has 0 amide bonds. The van der Waals surface area contributed by atoms with Crippen molar-refractivity contribution in [2.75, 3.05) is 6.61 Å². The average Bonchev–Trinajstić information content (AvgIpc) is 2.17. The molecule has 2 aliphatic rings. The van der Waals surface area contributed by atoms with E-state index in [0.29, 0.717) is 18.1 Å². The Morgan fingerprint density at radius 1 is 1.43 bits per heavy atom. The molecule has 0 bridgehead atoms. The maximum Gasteiger partial charge on any atom is 0.133 e. The lowest BCUT2D eigenvalue weighted by Crippen LogP contribution is -2.45. The predicted octanol–water partition coefficient (Wildman–Crippen LogP) is 2.15. The van der Waals surface area contributed by atoms with E-state index < -0.39 is 0 Å². The third-order valence-corrected chi connectivity index (χ3v) is 4.55. The van der Waals surface area contributed by atoms with Crippen molar-refractivity contribution in [1.82, 2.24) is 0 Å². The van der Waals surface area contributed by atoms with Crippen LogP contribution in [0.25, 0.3) is 0 Å². The fourth-order valence-corrected chi connectivity index (χ4v) is 3.44. The molecular weight excluding hydrogens is 176 g/mol. The summed E-state index contributed by atoms with van der Waals surface area (Å²) in [6.45, 7) is 2.48. The molecule has 0 radical (unpaired) electrons. The molecule has 3 atom stereocenters. The molecule has 2 fully saturated rings. The fourth-order valence-electron chi connectivity index (χ4n) is 3.44. The average molecular weight is 196 g/mol. The van der Waals surface area contributed by atoms with Gasteiger partial charge >= 0.3 is 0 Å². The van der Waals surface area contributed by atoms with E-state index in [9.17, 15) is 9.90 Å². The van der Waals surface area contributed by atoms with Crippen molar-refractivity contribution < 1.29 is 9.90 Å². The molecule has 2 nitrogen and oxygen atoms in total. The highest BCUT2D eigenvalue weighted by atomic mass is 16.3. The zero-order valence-corrected chi connectivity index (χ0v) is 8.96. The van der Waals surface area contributed by atoms with Gasteiger partial charge in [-0.05, 0) is 30.1 Å². The van der Waals surface area contributed by atoms with Gasteiger partial charge in [0, 0.05) is 19.4 Å². The first-order valence-corrected chi connectivity index (χ1v) is 5.79. The second kappa shape index (κ2) is 3.65. The standard InChI is InChI=1S/C12H20O2/c1-12-5-3-2-4-9(12)6-11(14)7-10(12)8-13/h9-10,13H,2-8H2,1H3. The molecule has 0 aliphatic heterocycles. The molecule has 1 N–H and O–H groups in total. The molecule has 0 heterocycles. The minimum atomic E-state index is 0.193. The van der Waals surface area contributed by atoms with Gasteiger partial charge in [-0.15, -0.1) is 0 Å². The van der Waals surface area contributed by atoms with Crippen LogP contribution in [0.1, 0.15) is 45.4 Å². The quantitative estimate of drug-likeness (QED) is 0.697. The Hall–Kier alpha value is -0.370. The Bertz CT molecular complexity index is 224. The summed E-state index contributed by atoms with van der Waals surface area (Å²) < 4.78 is 0. The highest BCUT2D eigenvalue weighted by Gasteiger charge is 2.46. The lowest BCUT2D eigenvalue weighted by molar-refractivity contribution is -0.132. The lowest BCUT2D eigenvalue weighted by Gasteiger charge is -2.49. The number of aliphatic hydroxyl groups is 1. The highest BCUT2D eigenvalue weighted by molar-refractivity contribution is 5.80. The third kappa shape index (κ3) is 1.50. The van der Waals surface area contributed by atoms with Crippen LogP contribution in [0.2, 0.25) is 0 Å². The molecule has 2 heteroatoms. The molecular formula is C12H20O2. The van der Waals surface area contributed by atoms with Gasteiger partial charge in [0.15, 0.2) is 0 Å². The molecule has 3 unspecified atom stereocenters. The summed E-state index contributed by atoms with van der Waals surface area (Å²) in [7, 11) is 0. The molecule has 0 aromatic heterocycles. The Balaban J connectivity index is 2.20. The van der Waals surface area contributed by atoms with Crippen LogP contribution >= 0.6 is 0 Å². The molecule has 0 aromatic carbocycles. The summed E-state index contributed by atoms with van der Waals surface area (Å²) >= 11 is 0. The van der Waals surface area contributed by atoms with Crippen LogP contribution in [-0.4, -0.2) is 17.5 Å². The van der Waals surface area contributed by atoms with Crippen molar-refractivity contribution in [3.63, 3.8) is 0 Å². The second-order valence-corrected chi connectivity index (χ2v) is 5.27. The van der Waals surface area contributed by atoms with E-state index in [1.165, 1.54) is 25.7 Å². The molecule has 80 valence electrons. The number of Topliss-reactive ketones (excluding diaryl/α,β-unsaturated/α-hetero) is 1. The van der Waals surface area contributed by atoms with Crippen LogP contribution in [0.3, 0.4) is 0 Å². The van der Waals surface area contributed by atoms with Gasteiger partial charge in [-0.2, -0.15) is 0 Å². The first-order chi connectivity index (χ1) is 6.66. The Kier molecular flexibility index (Phi) is 2.65. The van der Waals surface area contributed by atoms with E-state index in [2.05, 4.69) is 6.92 Å². The zero-order chi connectivity index (χ0) is 10.2. The number of rotatable bonds is 1. The van der Waals surface area contributed by atoms with E-state index in [1.54, 1.807) is 0 Å². The number of ketones is 1. The van der Waals surface area contributed by atoms with Gasteiger partial charge in [0.05, 0.1) is 0 Å². The Labute approximate surface area is 85.7 Å². The molecule has 0 aromatic rings. The largest absolute Gasteiger partial charge is 0.396 e. The van der Waals surface area contributed by atoms with E-state index >= 15 is 0 Å². The Morgan fingerprint density at radius 3 is 2.93 bits per heavy atom. The van der Waals surface area contributed by atoms with Crippen LogP contribution < -0.4 is 0 Å². The summed E-state index contributed by atoms with van der Waals surface area (Å²) in [6, 6.07) is 0. The third-order valence-electron chi connectivity index (χ3n) is 4.55.